The van der Waals surface area contributed by atoms with Gasteiger partial charge in [-0.1, -0.05) is 0 Å². The number of aliphatic hydroxyl groups excluding tert-OH is 1. The van der Waals surface area contributed by atoms with Crippen LogP contribution in [-0.4, -0.2) is 5.11 Å². The van der Waals surface area contributed by atoms with Crippen molar-refractivity contribution >= 4 is 0 Å². The fourth-order valence-electron chi connectivity index (χ4n) is 0.511. The van der Waals surface area contributed by atoms with Crippen LogP contribution in [0.3, 0.4) is 0 Å². The van der Waals surface area contributed by atoms with Gasteiger partial charge in [-0.25, -0.2) is 0 Å². The van der Waals surface area contributed by atoms with E-state index in [2.05, 4.69) is 5.32 Å². The first-order chi connectivity index (χ1) is 3.80. The van der Waals surface area contributed by atoms with Crippen LogP contribution < -0.4 is 5.32 Å². The van der Waals surface area contributed by atoms with Crippen molar-refractivity contribution in [3.8, 4) is 0 Å². The van der Waals surface area contributed by atoms with Crippen LogP contribution in [0.4, 0.5) is 0 Å². The van der Waals surface area contributed by atoms with Crippen LogP contribution >= 0.6 is 0 Å². The molecule has 0 aromatic rings. The summed E-state index contributed by atoms with van der Waals surface area (Å²) in [4.78, 5) is 0. The van der Waals surface area contributed by atoms with E-state index >= 15 is 0 Å². The number of dihydropyridines is 1. The van der Waals surface area contributed by atoms with Crippen LogP contribution in [0.5, 0.6) is 0 Å². The number of aliphatic hydroxyl groups is 1. The molecule has 2 N–H and O–H groups in total. The first-order valence-corrected chi connectivity index (χ1v) is 2.47. The number of hydrogen-bond donors (Lipinski definition) is 2. The van der Waals surface area contributed by atoms with Gasteiger partial charge in [0.2, 0.25) is 0 Å². The molecule has 1 aliphatic heterocycles. The van der Waals surface area contributed by atoms with E-state index < -0.39 is 0 Å². The third-order valence-corrected chi connectivity index (χ3v) is 1.03. The van der Waals surface area contributed by atoms with Gasteiger partial charge in [0, 0.05) is 0 Å². The Morgan fingerprint density at radius 2 is 2.38 bits per heavy atom. The number of nitrogens with one attached hydrogen (secondary N) is 1. The summed E-state index contributed by atoms with van der Waals surface area (Å²) >= 11 is 0. The smallest absolute Gasteiger partial charge is 0.122 e. The maximum absolute atomic E-state index is 8.89. The lowest BCUT2D eigenvalue weighted by Crippen LogP contribution is -2.15. The summed E-state index contributed by atoms with van der Waals surface area (Å²) in [6.45, 7) is 1.81. The second-order valence-corrected chi connectivity index (χ2v) is 1.68. The fourth-order valence-corrected chi connectivity index (χ4v) is 0.511. The highest BCUT2D eigenvalue weighted by Crippen LogP contribution is 2.08. The van der Waals surface area contributed by atoms with Crippen LogP contribution in [0.25, 0.3) is 0 Å². The monoisotopic (exact) mass is 110 g/mol. The third-order valence-electron chi connectivity index (χ3n) is 1.03. The van der Waals surface area contributed by atoms with Gasteiger partial charge in [0.1, 0.15) is 11.8 Å². The maximum atomic E-state index is 8.89. The largest absolute Gasteiger partial charge is 0.510 e. The zero-order valence-corrected chi connectivity index (χ0v) is 4.68. The zero-order chi connectivity index (χ0) is 5.98. The van der Waals surface area contributed by atoms with E-state index in [1.54, 1.807) is 18.4 Å². The zero-order valence-electron chi connectivity index (χ0n) is 4.68. The minimum atomic E-state index is 0.313. The van der Waals surface area contributed by atoms with Gasteiger partial charge >= 0.3 is 0 Å². The number of allylic oxidation sites excluding steroid dienone is 2. The average Bonchev–Trinajstić information content (AvgIpc) is 1.77. The van der Waals surface area contributed by atoms with Crippen molar-refractivity contribution in [1.29, 1.82) is 0 Å². The summed E-state index contributed by atoms with van der Waals surface area (Å²) in [5.41, 5.74) is 0. The molecular weight excluding hydrogens is 102 g/mol. The lowest BCUT2D eigenvalue weighted by Gasteiger charge is -2.11. The molecular formula is C6H8NO. The van der Waals surface area contributed by atoms with Crippen LogP contribution in [0.15, 0.2) is 24.1 Å². The molecule has 1 rings (SSSR count). The minimum absolute atomic E-state index is 0.313. The third kappa shape index (κ3) is 0.832. The molecule has 1 radical (unpaired) electrons. The summed E-state index contributed by atoms with van der Waals surface area (Å²) in [5, 5.41) is 11.7. The SMILES string of the molecule is C[C]1NC=CC=C1O. The van der Waals surface area contributed by atoms with Gasteiger partial charge in [-0.3, -0.25) is 0 Å². The van der Waals surface area contributed by atoms with E-state index in [4.69, 9.17) is 5.11 Å². The van der Waals surface area contributed by atoms with Crippen molar-refractivity contribution in [2.45, 2.75) is 6.92 Å². The molecule has 43 valence electrons. The molecule has 0 unspecified atom stereocenters. The van der Waals surface area contributed by atoms with Crippen molar-refractivity contribution in [1.82, 2.24) is 5.32 Å². The van der Waals surface area contributed by atoms with Gasteiger partial charge in [0.15, 0.2) is 0 Å². The van der Waals surface area contributed by atoms with Crippen molar-refractivity contribution in [2.24, 2.45) is 0 Å². The average molecular weight is 110 g/mol. The number of rotatable bonds is 0. The molecule has 0 aliphatic carbocycles. The predicted octanol–water partition coefficient (Wildman–Crippen LogP) is 1.10. The second-order valence-electron chi connectivity index (χ2n) is 1.68. The van der Waals surface area contributed by atoms with Crippen LogP contribution in [0.1, 0.15) is 6.92 Å². The maximum Gasteiger partial charge on any atom is 0.122 e. The highest BCUT2D eigenvalue weighted by Gasteiger charge is 2.05. The van der Waals surface area contributed by atoms with E-state index in [0.29, 0.717) is 5.76 Å². The Morgan fingerprint density at radius 1 is 1.62 bits per heavy atom. The summed E-state index contributed by atoms with van der Waals surface area (Å²) in [5.74, 6) is 0.313. The molecule has 0 amide bonds. The molecule has 0 fully saturated rings. The fraction of sp³-hybridized carbons (Fsp3) is 0.167. The van der Waals surface area contributed by atoms with E-state index in [9.17, 15) is 0 Å². The molecule has 2 heteroatoms. The minimum Gasteiger partial charge on any atom is -0.510 e. The summed E-state index contributed by atoms with van der Waals surface area (Å²) < 4.78 is 0. The predicted molar refractivity (Wildman–Crippen MR) is 31.9 cm³/mol. The summed E-state index contributed by atoms with van der Waals surface area (Å²) in [7, 11) is 0. The van der Waals surface area contributed by atoms with E-state index in [0.717, 1.165) is 6.04 Å². The Hall–Kier alpha value is -0.920. The molecule has 1 aliphatic rings. The lowest BCUT2D eigenvalue weighted by atomic mass is 10.2. The van der Waals surface area contributed by atoms with E-state index in [1.807, 2.05) is 6.92 Å². The van der Waals surface area contributed by atoms with Crippen molar-refractivity contribution in [2.75, 3.05) is 0 Å². The molecule has 0 bridgehead atoms. The molecule has 0 atom stereocenters. The Balaban J connectivity index is 2.66. The molecule has 0 spiro atoms. The van der Waals surface area contributed by atoms with Gasteiger partial charge < -0.3 is 10.4 Å². The van der Waals surface area contributed by atoms with Crippen molar-refractivity contribution in [3.05, 3.63) is 30.2 Å². The quantitative estimate of drug-likeness (QED) is 0.489. The van der Waals surface area contributed by atoms with E-state index in [1.165, 1.54) is 0 Å². The molecule has 8 heavy (non-hydrogen) atoms. The van der Waals surface area contributed by atoms with Crippen LogP contribution in [-0.2, 0) is 0 Å². The topological polar surface area (TPSA) is 32.3 Å². The Kier molecular flexibility index (Phi) is 1.24. The number of hydrogen-bond acceptors (Lipinski definition) is 2. The van der Waals surface area contributed by atoms with Gasteiger partial charge in [0.25, 0.3) is 0 Å². The van der Waals surface area contributed by atoms with Crippen molar-refractivity contribution in [3.63, 3.8) is 0 Å². The first-order valence-electron chi connectivity index (χ1n) is 2.47. The molecule has 0 aromatic heterocycles. The van der Waals surface area contributed by atoms with Crippen molar-refractivity contribution < 1.29 is 5.11 Å². The van der Waals surface area contributed by atoms with Gasteiger partial charge in [-0.2, -0.15) is 0 Å². The Bertz CT molecular complexity index is 137. The Labute approximate surface area is 48.5 Å². The Morgan fingerprint density at radius 3 is 2.75 bits per heavy atom. The second kappa shape index (κ2) is 1.90. The molecule has 1 heterocycles. The molecule has 0 saturated carbocycles. The normalized spacial score (nSPS) is 19.9. The van der Waals surface area contributed by atoms with Crippen LogP contribution in [0, 0.1) is 6.04 Å². The summed E-state index contributed by atoms with van der Waals surface area (Å²) in [6.07, 6.45) is 5.17. The molecule has 0 saturated heterocycles. The van der Waals surface area contributed by atoms with Gasteiger partial charge in [-0.05, 0) is 25.3 Å². The molecule has 0 aromatic carbocycles. The van der Waals surface area contributed by atoms with E-state index in [-0.39, 0.29) is 0 Å². The van der Waals surface area contributed by atoms with Crippen LogP contribution in [0.2, 0.25) is 0 Å². The standard InChI is InChI=1S/C6H8NO/c1-5-6(8)3-2-4-7-5/h2-4,7-8H,1H3. The van der Waals surface area contributed by atoms with Gasteiger partial charge in [-0.15, -0.1) is 0 Å². The van der Waals surface area contributed by atoms with Gasteiger partial charge in [0.05, 0.1) is 0 Å². The highest BCUT2D eigenvalue weighted by molar-refractivity contribution is 5.24. The first kappa shape index (κ1) is 5.22. The summed E-state index contributed by atoms with van der Waals surface area (Å²) in [6, 6.07) is 0.799. The highest BCUT2D eigenvalue weighted by atomic mass is 16.3. The lowest BCUT2D eigenvalue weighted by molar-refractivity contribution is 0.394. The molecule has 2 nitrogen and oxygen atoms in total.